The molecule has 0 aliphatic heterocycles. The predicted octanol–water partition coefficient (Wildman–Crippen LogP) is 5.00. The van der Waals surface area contributed by atoms with Crippen LogP contribution in [0.15, 0.2) is 18.3 Å². The lowest BCUT2D eigenvalue weighted by molar-refractivity contribution is 0.401. The highest BCUT2D eigenvalue weighted by molar-refractivity contribution is 6.72. The molecule has 6 heteroatoms. The lowest BCUT2D eigenvalue weighted by Crippen LogP contribution is -2.60. The van der Waals surface area contributed by atoms with Gasteiger partial charge >= 0.3 is 6.98 Å². The van der Waals surface area contributed by atoms with Crippen molar-refractivity contribution in [3.8, 4) is 0 Å². The maximum Gasteiger partial charge on any atom is 0.330 e. The third-order valence-electron chi connectivity index (χ3n) is 4.85. The van der Waals surface area contributed by atoms with Crippen molar-refractivity contribution in [1.82, 2.24) is 14.1 Å². The molecule has 0 amide bonds. The van der Waals surface area contributed by atoms with Crippen LogP contribution in [0.5, 0.6) is 0 Å². The number of anilines is 1. The molecule has 0 fully saturated rings. The monoisotopic (exact) mass is 362 g/mol. The Bertz CT molecular complexity index is 482. The van der Waals surface area contributed by atoms with Gasteiger partial charge in [0.25, 0.3) is 6.98 Å². The van der Waals surface area contributed by atoms with Crippen molar-refractivity contribution in [1.29, 1.82) is 0 Å². The summed E-state index contributed by atoms with van der Waals surface area (Å²) in [7, 11) is 6.53. The van der Waals surface area contributed by atoms with Gasteiger partial charge < -0.3 is 18.9 Å². The third kappa shape index (κ3) is 7.40. The topological polar surface area (TPSA) is 14.7 Å². The Hall–Kier alpha value is -0.870. The normalized spacial score (nSPS) is 11.4. The van der Waals surface area contributed by atoms with Gasteiger partial charge in [-0.15, -0.1) is 0 Å². The highest BCUT2D eigenvalue weighted by Gasteiger charge is 2.32. The van der Waals surface area contributed by atoms with Gasteiger partial charge in [-0.05, 0) is 67.0 Å². The van der Waals surface area contributed by atoms with E-state index in [4.69, 9.17) is 0 Å². The van der Waals surface area contributed by atoms with Crippen LogP contribution in [0.3, 0.4) is 0 Å². The molecule has 1 aromatic heterocycles. The zero-order valence-electron chi connectivity index (χ0n) is 19.5. The molecule has 0 bridgehead atoms. The van der Waals surface area contributed by atoms with Crippen LogP contribution in [0, 0.1) is 0 Å². The molecule has 26 heavy (non-hydrogen) atoms. The largest absolute Gasteiger partial charge is 0.391 e. The van der Waals surface area contributed by atoms with Gasteiger partial charge in [0.2, 0.25) is 0 Å². The van der Waals surface area contributed by atoms with Crippen molar-refractivity contribution in [3.05, 3.63) is 18.3 Å². The van der Waals surface area contributed by atoms with E-state index in [1.807, 2.05) is 0 Å². The first-order valence-electron chi connectivity index (χ1n) is 10.4. The van der Waals surface area contributed by atoms with Gasteiger partial charge in [-0.3, -0.25) is 0 Å². The summed E-state index contributed by atoms with van der Waals surface area (Å²) in [6.45, 7) is 19.8. The van der Waals surface area contributed by atoms with E-state index in [1.165, 1.54) is 25.1 Å². The zero-order chi connectivity index (χ0) is 20.5. The van der Waals surface area contributed by atoms with Crippen LogP contribution < -0.4 is 4.81 Å². The SMILES string of the molecule is CCC.CCCCN(B(C)N(C)C)B(C)N(C)c1cccn1C(C)(C)C. The number of unbranched alkanes of at least 4 members (excludes halogenated alkanes) is 1. The van der Waals surface area contributed by atoms with E-state index in [-0.39, 0.29) is 5.54 Å². The fourth-order valence-corrected chi connectivity index (χ4v) is 2.96. The van der Waals surface area contributed by atoms with Crippen molar-refractivity contribution < 1.29 is 0 Å². The summed E-state index contributed by atoms with van der Waals surface area (Å²) in [5.41, 5.74) is 0.0915. The molecule has 150 valence electrons. The van der Waals surface area contributed by atoms with Crippen LogP contribution in [0.1, 0.15) is 60.8 Å². The lowest BCUT2D eigenvalue weighted by atomic mass is 9.60. The molecule has 0 radical (unpaired) electrons. The van der Waals surface area contributed by atoms with Gasteiger partial charge in [0, 0.05) is 11.7 Å². The molecule has 1 rings (SSSR count). The van der Waals surface area contributed by atoms with Crippen molar-refractivity contribution in [2.24, 2.45) is 0 Å². The zero-order valence-corrected chi connectivity index (χ0v) is 19.5. The highest BCUT2D eigenvalue weighted by Crippen LogP contribution is 2.25. The molecule has 0 saturated heterocycles. The van der Waals surface area contributed by atoms with E-state index < -0.39 is 0 Å². The predicted molar refractivity (Wildman–Crippen MR) is 122 cm³/mol. The van der Waals surface area contributed by atoms with Crippen molar-refractivity contribution >= 4 is 19.8 Å². The van der Waals surface area contributed by atoms with Crippen molar-refractivity contribution in [2.75, 3.05) is 32.5 Å². The second kappa shape index (κ2) is 11.8. The Morgan fingerprint density at radius 1 is 1.00 bits per heavy atom. The fraction of sp³-hybridized carbons (Fsp3) is 0.800. The summed E-state index contributed by atoms with van der Waals surface area (Å²) in [5, 5.41) is 0. The molecular formula is C20H44B2N4. The van der Waals surface area contributed by atoms with E-state index in [0.29, 0.717) is 14.0 Å². The number of rotatable bonds is 8. The summed E-state index contributed by atoms with van der Waals surface area (Å²) in [6.07, 6.45) is 5.90. The Labute approximate surface area is 165 Å². The molecule has 0 N–H and O–H groups in total. The Kier molecular flexibility index (Phi) is 11.4. The third-order valence-corrected chi connectivity index (χ3v) is 4.85. The van der Waals surface area contributed by atoms with Gasteiger partial charge in [0.05, 0.1) is 5.82 Å². The Balaban J connectivity index is 0.00000194. The number of nitrogens with zero attached hydrogens (tertiary/aromatic N) is 4. The minimum Gasteiger partial charge on any atom is -0.391 e. The number of hydrogen-bond acceptors (Lipinski definition) is 3. The molecule has 1 heterocycles. The van der Waals surface area contributed by atoms with Crippen LogP contribution in [0.2, 0.25) is 13.6 Å². The molecule has 0 aliphatic carbocycles. The molecule has 0 aliphatic rings. The van der Waals surface area contributed by atoms with Gasteiger partial charge in [0.15, 0.2) is 0 Å². The molecule has 0 atom stereocenters. The first-order chi connectivity index (χ1) is 12.0. The van der Waals surface area contributed by atoms with Crippen molar-refractivity contribution in [3.63, 3.8) is 0 Å². The fourth-order valence-electron chi connectivity index (χ4n) is 2.96. The highest BCUT2D eigenvalue weighted by atomic mass is 15.3. The van der Waals surface area contributed by atoms with E-state index in [0.717, 1.165) is 6.54 Å². The summed E-state index contributed by atoms with van der Waals surface area (Å²) in [5.74, 6) is 1.28. The second-order valence-electron chi connectivity index (χ2n) is 8.54. The van der Waals surface area contributed by atoms with Gasteiger partial charge in [-0.1, -0.05) is 47.3 Å². The van der Waals surface area contributed by atoms with Crippen LogP contribution in [0.25, 0.3) is 0 Å². The summed E-state index contributed by atoms with van der Waals surface area (Å²) >= 11 is 0. The quantitative estimate of drug-likeness (QED) is 0.605. The van der Waals surface area contributed by atoms with Gasteiger partial charge in [0.1, 0.15) is 0 Å². The van der Waals surface area contributed by atoms with Crippen LogP contribution >= 0.6 is 0 Å². The standard InChI is InChI=1S/C17H36B2N4.C3H8/c1-10-11-15-23(18(5)20(7)8)19(6)21(9)16-13-12-14-22(16)17(2,3)4;1-3-2/h12-14H,10-11,15H2,1-9H3;3H2,1-2H3. The molecule has 1 aromatic rings. The summed E-state index contributed by atoms with van der Waals surface area (Å²) < 4.78 is 4.95. The van der Waals surface area contributed by atoms with Crippen LogP contribution in [0.4, 0.5) is 5.82 Å². The van der Waals surface area contributed by atoms with E-state index in [9.17, 15) is 0 Å². The minimum absolute atomic E-state index is 0.0915. The smallest absolute Gasteiger partial charge is 0.330 e. The average Bonchev–Trinajstić information content (AvgIpc) is 3.04. The summed E-state index contributed by atoms with van der Waals surface area (Å²) in [6, 6.07) is 4.37. The molecule has 0 aromatic carbocycles. The van der Waals surface area contributed by atoms with Crippen LogP contribution in [-0.2, 0) is 5.54 Å². The Morgan fingerprint density at radius 3 is 1.96 bits per heavy atom. The maximum atomic E-state index is 2.59. The second-order valence-corrected chi connectivity index (χ2v) is 8.54. The minimum atomic E-state index is 0.0915. The Morgan fingerprint density at radius 2 is 1.54 bits per heavy atom. The molecule has 4 nitrogen and oxygen atoms in total. The number of aromatic nitrogens is 1. The van der Waals surface area contributed by atoms with Crippen molar-refractivity contribution in [2.45, 2.75) is 80.0 Å². The van der Waals surface area contributed by atoms with E-state index in [2.05, 4.69) is 114 Å². The number of hydrogen-bond donors (Lipinski definition) is 0. The molecule has 0 saturated carbocycles. The van der Waals surface area contributed by atoms with E-state index >= 15 is 0 Å². The lowest BCUT2D eigenvalue weighted by Gasteiger charge is -2.40. The van der Waals surface area contributed by atoms with Crippen LogP contribution in [-0.4, -0.2) is 55.8 Å². The molecular weight excluding hydrogens is 318 g/mol. The average molecular weight is 362 g/mol. The molecule has 0 spiro atoms. The summed E-state index contributed by atoms with van der Waals surface area (Å²) in [4.78, 5) is 4.70. The first-order valence-corrected chi connectivity index (χ1v) is 10.4. The maximum absolute atomic E-state index is 2.59. The first kappa shape index (κ1) is 25.1. The van der Waals surface area contributed by atoms with E-state index in [1.54, 1.807) is 0 Å². The molecule has 0 unspecified atom stereocenters. The van der Waals surface area contributed by atoms with Gasteiger partial charge in [-0.25, -0.2) is 0 Å². The van der Waals surface area contributed by atoms with Gasteiger partial charge in [-0.2, -0.15) is 0 Å².